The van der Waals surface area contributed by atoms with E-state index in [9.17, 15) is 14.4 Å². The summed E-state index contributed by atoms with van der Waals surface area (Å²) in [4.78, 5) is 35.4. The lowest BCUT2D eigenvalue weighted by molar-refractivity contribution is -0.141. The Hall–Kier alpha value is -1.19. The molecule has 1 aromatic carbocycles. The van der Waals surface area contributed by atoms with Gasteiger partial charge in [0, 0.05) is 19.3 Å². The smallest absolute Gasteiger partial charge is 0.155 e. The molecule has 0 N–H and O–H groups in total. The second kappa shape index (κ2) is 5.85. The van der Waals surface area contributed by atoms with Gasteiger partial charge < -0.3 is 0 Å². The third-order valence-corrected chi connectivity index (χ3v) is 3.91. The van der Waals surface area contributed by atoms with E-state index in [1.807, 2.05) is 0 Å². The topological polar surface area (TPSA) is 51.2 Å². The molecule has 0 spiro atoms. The number of carbonyl (C=O) groups is 3. The predicted molar refractivity (Wildman–Crippen MR) is 72.5 cm³/mol. The van der Waals surface area contributed by atoms with E-state index < -0.39 is 5.92 Å². The quantitative estimate of drug-likeness (QED) is 0.806. The van der Waals surface area contributed by atoms with Crippen LogP contribution in [0.25, 0.3) is 0 Å². The average molecular weight is 299 g/mol. The van der Waals surface area contributed by atoms with Gasteiger partial charge in [-0.3, -0.25) is 14.4 Å². The fraction of sp³-hybridized carbons (Fsp3) is 0.357. The van der Waals surface area contributed by atoms with E-state index in [1.165, 1.54) is 0 Å². The highest BCUT2D eigenvalue weighted by Gasteiger charge is 2.35. The summed E-state index contributed by atoms with van der Waals surface area (Å²) in [6.07, 6.45) is 1.19. The van der Waals surface area contributed by atoms with Crippen LogP contribution in [0, 0.1) is 5.92 Å². The maximum atomic E-state index is 12.1. The Labute approximate surface area is 120 Å². The van der Waals surface area contributed by atoms with Crippen molar-refractivity contribution in [2.45, 2.75) is 25.7 Å². The summed E-state index contributed by atoms with van der Waals surface area (Å²) in [7, 11) is 0. The first-order valence-corrected chi connectivity index (χ1v) is 6.76. The van der Waals surface area contributed by atoms with E-state index in [0.717, 1.165) is 0 Å². The van der Waals surface area contributed by atoms with Crippen molar-refractivity contribution in [3.8, 4) is 0 Å². The molecular formula is C14H12Cl2O3. The first-order chi connectivity index (χ1) is 8.99. The van der Waals surface area contributed by atoms with Gasteiger partial charge in [0.1, 0.15) is 5.92 Å². The second-order valence-electron chi connectivity index (χ2n) is 4.61. The third-order valence-electron chi connectivity index (χ3n) is 3.17. The normalized spacial score (nSPS) is 16.7. The van der Waals surface area contributed by atoms with E-state index >= 15 is 0 Å². The first-order valence-electron chi connectivity index (χ1n) is 6.01. The summed E-state index contributed by atoms with van der Waals surface area (Å²) in [5.41, 5.74) is 0.658. The molecule has 1 aliphatic rings. The lowest BCUT2D eigenvalue weighted by Crippen LogP contribution is -2.36. The third kappa shape index (κ3) is 3.23. The van der Waals surface area contributed by atoms with Crippen molar-refractivity contribution in [1.29, 1.82) is 0 Å². The van der Waals surface area contributed by atoms with Gasteiger partial charge in [0.25, 0.3) is 0 Å². The van der Waals surface area contributed by atoms with E-state index in [4.69, 9.17) is 23.2 Å². The molecule has 0 radical (unpaired) electrons. The summed E-state index contributed by atoms with van der Waals surface area (Å²) in [5, 5.41) is 0.760. The Kier molecular flexibility index (Phi) is 4.38. The van der Waals surface area contributed by atoms with Gasteiger partial charge in [0.2, 0.25) is 0 Å². The Bertz CT molecular complexity index is 536. The summed E-state index contributed by atoms with van der Waals surface area (Å²) >= 11 is 11.7. The van der Waals surface area contributed by atoms with Crippen LogP contribution >= 0.6 is 23.2 Å². The van der Waals surface area contributed by atoms with E-state index in [0.29, 0.717) is 34.9 Å². The average Bonchev–Trinajstić information content (AvgIpc) is 2.33. The molecule has 0 aliphatic heterocycles. The number of benzene rings is 1. The molecule has 0 bridgehead atoms. The number of hydrogen-bond acceptors (Lipinski definition) is 3. The Morgan fingerprint density at radius 2 is 1.74 bits per heavy atom. The van der Waals surface area contributed by atoms with Gasteiger partial charge in [-0.05, 0) is 24.1 Å². The van der Waals surface area contributed by atoms with Crippen LogP contribution in [-0.4, -0.2) is 17.3 Å². The zero-order valence-corrected chi connectivity index (χ0v) is 11.6. The molecule has 1 saturated carbocycles. The first kappa shape index (κ1) is 14.2. The second-order valence-corrected chi connectivity index (χ2v) is 5.43. The minimum Gasteiger partial charge on any atom is -0.298 e. The van der Waals surface area contributed by atoms with Crippen molar-refractivity contribution in [2.75, 3.05) is 0 Å². The minimum absolute atomic E-state index is 0.0268. The summed E-state index contributed by atoms with van der Waals surface area (Å²) in [5.74, 6) is -1.96. The molecule has 0 aromatic heterocycles. The summed E-state index contributed by atoms with van der Waals surface area (Å²) in [6, 6.07) is 4.85. The maximum Gasteiger partial charge on any atom is 0.155 e. The van der Waals surface area contributed by atoms with Crippen molar-refractivity contribution < 1.29 is 14.4 Å². The van der Waals surface area contributed by atoms with Gasteiger partial charge in [-0.25, -0.2) is 0 Å². The molecule has 0 heterocycles. The lowest BCUT2D eigenvalue weighted by Gasteiger charge is -2.18. The molecule has 19 heavy (non-hydrogen) atoms. The fourth-order valence-corrected chi connectivity index (χ4v) is 2.54. The van der Waals surface area contributed by atoms with E-state index in [1.54, 1.807) is 18.2 Å². The van der Waals surface area contributed by atoms with Gasteiger partial charge in [0.15, 0.2) is 17.3 Å². The molecule has 100 valence electrons. The predicted octanol–water partition coefficient (Wildman–Crippen LogP) is 3.04. The Morgan fingerprint density at radius 3 is 2.32 bits per heavy atom. The number of halogens is 2. The molecule has 1 aromatic rings. The van der Waals surface area contributed by atoms with Crippen molar-refractivity contribution >= 4 is 40.6 Å². The number of carbonyl (C=O) groups excluding carboxylic acids is 3. The highest BCUT2D eigenvalue weighted by molar-refractivity contribution is 6.42. The molecular weight excluding hydrogens is 287 g/mol. The number of Topliss-reactive ketones (excluding diaryl/α,β-unsaturated/α-hetero) is 3. The maximum absolute atomic E-state index is 12.1. The van der Waals surface area contributed by atoms with Crippen LogP contribution in [0.15, 0.2) is 18.2 Å². The molecule has 0 atom stereocenters. The van der Waals surface area contributed by atoms with Crippen LogP contribution in [0.5, 0.6) is 0 Å². The van der Waals surface area contributed by atoms with Crippen LogP contribution in [0.1, 0.15) is 24.8 Å². The molecule has 0 amide bonds. The molecule has 1 fully saturated rings. The van der Waals surface area contributed by atoms with Crippen LogP contribution in [0.3, 0.4) is 0 Å². The largest absolute Gasteiger partial charge is 0.298 e. The van der Waals surface area contributed by atoms with Crippen LogP contribution in [-0.2, 0) is 20.8 Å². The summed E-state index contributed by atoms with van der Waals surface area (Å²) in [6.45, 7) is 0. The molecule has 1 aliphatic carbocycles. The standard InChI is InChI=1S/C14H12Cl2O3/c15-9-5-4-8(6-10(9)16)7-13(19)14-11(17)2-1-3-12(14)18/h4-6,14H,1-3,7H2. The highest BCUT2D eigenvalue weighted by Crippen LogP contribution is 2.24. The van der Waals surface area contributed by atoms with Gasteiger partial charge in [0.05, 0.1) is 10.0 Å². The van der Waals surface area contributed by atoms with Gasteiger partial charge in [-0.2, -0.15) is 0 Å². The molecule has 2 rings (SSSR count). The van der Waals surface area contributed by atoms with Gasteiger partial charge in [-0.1, -0.05) is 29.3 Å². The van der Waals surface area contributed by atoms with Gasteiger partial charge >= 0.3 is 0 Å². The number of rotatable bonds is 3. The van der Waals surface area contributed by atoms with Crippen LogP contribution < -0.4 is 0 Å². The van der Waals surface area contributed by atoms with Crippen molar-refractivity contribution in [1.82, 2.24) is 0 Å². The van der Waals surface area contributed by atoms with Crippen molar-refractivity contribution in [2.24, 2.45) is 5.92 Å². The zero-order chi connectivity index (χ0) is 14.0. The number of ketones is 3. The Balaban J connectivity index is 2.13. The van der Waals surface area contributed by atoms with Crippen molar-refractivity contribution in [3.63, 3.8) is 0 Å². The van der Waals surface area contributed by atoms with Gasteiger partial charge in [-0.15, -0.1) is 0 Å². The minimum atomic E-state index is -1.08. The van der Waals surface area contributed by atoms with E-state index in [2.05, 4.69) is 0 Å². The monoisotopic (exact) mass is 298 g/mol. The van der Waals surface area contributed by atoms with Crippen LogP contribution in [0.2, 0.25) is 10.0 Å². The summed E-state index contributed by atoms with van der Waals surface area (Å²) < 4.78 is 0. The lowest BCUT2D eigenvalue weighted by atomic mass is 9.82. The molecule has 5 heteroatoms. The molecule has 3 nitrogen and oxygen atoms in total. The van der Waals surface area contributed by atoms with E-state index in [-0.39, 0.29) is 23.8 Å². The fourth-order valence-electron chi connectivity index (χ4n) is 2.22. The Morgan fingerprint density at radius 1 is 1.11 bits per heavy atom. The van der Waals surface area contributed by atoms with Crippen molar-refractivity contribution in [3.05, 3.63) is 33.8 Å². The van der Waals surface area contributed by atoms with Crippen LogP contribution in [0.4, 0.5) is 0 Å². The zero-order valence-electron chi connectivity index (χ0n) is 10.1. The number of hydrogen-bond donors (Lipinski definition) is 0. The molecule has 0 unspecified atom stereocenters. The SMILES string of the molecule is O=C1CCCC(=O)C1C(=O)Cc1ccc(Cl)c(Cl)c1. The highest BCUT2D eigenvalue weighted by atomic mass is 35.5. The molecule has 0 saturated heterocycles.